The Morgan fingerprint density at radius 1 is 1.10 bits per heavy atom. The van der Waals surface area contributed by atoms with Gasteiger partial charge in [0.1, 0.15) is 0 Å². The highest BCUT2D eigenvalue weighted by Crippen LogP contribution is 2.33. The molecule has 1 saturated heterocycles. The van der Waals surface area contributed by atoms with Crippen LogP contribution >= 0.6 is 0 Å². The number of amides is 2. The van der Waals surface area contributed by atoms with Crippen LogP contribution in [0.5, 0.6) is 0 Å². The fourth-order valence-electron chi connectivity index (χ4n) is 3.01. The third-order valence-corrected chi connectivity index (χ3v) is 4.09. The number of para-hydroxylation sites is 1. The Morgan fingerprint density at radius 2 is 1.81 bits per heavy atom. The largest absolute Gasteiger partial charge is 0.322 e. The standard InChI is InChI=1S/C18H20N2O/c1-14-8-5-6-11-16(14)17-12-7-13-20(17)18(21)19-15-9-3-2-4-10-15/h2-6,8-11,17H,7,12-13H2,1H3,(H,19,21)/t17-/m0/s1. The number of urea groups is 1. The molecule has 108 valence electrons. The van der Waals surface area contributed by atoms with Crippen molar-refractivity contribution in [3.8, 4) is 0 Å². The first-order chi connectivity index (χ1) is 10.3. The minimum Gasteiger partial charge on any atom is -0.317 e. The number of carbonyl (C=O) groups is 1. The van der Waals surface area contributed by atoms with E-state index in [9.17, 15) is 4.79 Å². The molecule has 1 N–H and O–H groups in total. The van der Waals surface area contributed by atoms with Crippen LogP contribution in [-0.2, 0) is 0 Å². The van der Waals surface area contributed by atoms with Crippen LogP contribution in [0.15, 0.2) is 54.6 Å². The summed E-state index contributed by atoms with van der Waals surface area (Å²) < 4.78 is 0. The zero-order valence-electron chi connectivity index (χ0n) is 12.3. The second kappa shape index (κ2) is 6.00. The number of nitrogens with one attached hydrogen (secondary N) is 1. The molecule has 2 aromatic carbocycles. The Labute approximate surface area is 125 Å². The van der Waals surface area contributed by atoms with Crippen LogP contribution < -0.4 is 5.32 Å². The van der Waals surface area contributed by atoms with E-state index in [4.69, 9.17) is 0 Å². The fraction of sp³-hybridized carbons (Fsp3) is 0.278. The van der Waals surface area contributed by atoms with Gasteiger partial charge in [-0.3, -0.25) is 0 Å². The van der Waals surface area contributed by atoms with Gasteiger partial charge in [-0.1, -0.05) is 42.5 Å². The zero-order chi connectivity index (χ0) is 14.7. The van der Waals surface area contributed by atoms with Gasteiger partial charge in [0.2, 0.25) is 0 Å². The topological polar surface area (TPSA) is 32.3 Å². The van der Waals surface area contributed by atoms with Gasteiger partial charge in [-0.05, 0) is 43.0 Å². The lowest BCUT2D eigenvalue weighted by Gasteiger charge is -2.26. The molecule has 1 aliphatic heterocycles. The van der Waals surface area contributed by atoms with Crippen molar-refractivity contribution in [1.82, 2.24) is 4.90 Å². The second-order valence-corrected chi connectivity index (χ2v) is 5.50. The van der Waals surface area contributed by atoms with E-state index in [-0.39, 0.29) is 12.1 Å². The van der Waals surface area contributed by atoms with Crippen molar-refractivity contribution in [3.63, 3.8) is 0 Å². The van der Waals surface area contributed by atoms with Gasteiger partial charge in [0.25, 0.3) is 0 Å². The van der Waals surface area contributed by atoms with Crippen molar-refractivity contribution in [1.29, 1.82) is 0 Å². The molecule has 0 spiro atoms. The summed E-state index contributed by atoms with van der Waals surface area (Å²) in [6, 6.07) is 18.2. The van der Waals surface area contributed by atoms with Crippen LogP contribution in [0.25, 0.3) is 0 Å². The lowest BCUT2D eigenvalue weighted by molar-refractivity contribution is 0.207. The summed E-state index contributed by atoms with van der Waals surface area (Å²) in [6.07, 6.45) is 2.09. The van der Waals surface area contributed by atoms with Gasteiger partial charge < -0.3 is 10.2 Å². The first kappa shape index (κ1) is 13.7. The number of carbonyl (C=O) groups excluding carboxylic acids is 1. The molecule has 0 aromatic heterocycles. The van der Waals surface area contributed by atoms with E-state index in [1.165, 1.54) is 11.1 Å². The molecule has 0 saturated carbocycles. The summed E-state index contributed by atoms with van der Waals surface area (Å²) in [7, 11) is 0. The third kappa shape index (κ3) is 2.92. The number of rotatable bonds is 2. The molecule has 1 heterocycles. The van der Waals surface area contributed by atoms with Gasteiger partial charge in [0.15, 0.2) is 0 Å². The van der Waals surface area contributed by atoms with E-state index in [1.807, 2.05) is 47.4 Å². The molecule has 0 aliphatic carbocycles. The van der Waals surface area contributed by atoms with Crippen LogP contribution in [0, 0.1) is 6.92 Å². The van der Waals surface area contributed by atoms with Gasteiger partial charge in [0, 0.05) is 12.2 Å². The molecule has 0 bridgehead atoms. The predicted molar refractivity (Wildman–Crippen MR) is 85.3 cm³/mol. The van der Waals surface area contributed by atoms with Crippen LogP contribution in [0.1, 0.15) is 30.0 Å². The number of hydrogen-bond donors (Lipinski definition) is 1. The molecular formula is C18H20N2O. The fourth-order valence-corrected chi connectivity index (χ4v) is 3.01. The number of benzene rings is 2. The average Bonchev–Trinajstić information content (AvgIpc) is 2.98. The van der Waals surface area contributed by atoms with Gasteiger partial charge >= 0.3 is 6.03 Å². The lowest BCUT2D eigenvalue weighted by Crippen LogP contribution is -2.34. The highest BCUT2D eigenvalue weighted by atomic mass is 16.2. The number of aryl methyl sites for hydroxylation is 1. The number of nitrogens with zero attached hydrogens (tertiary/aromatic N) is 1. The minimum atomic E-state index is -0.00745. The predicted octanol–water partition coefficient (Wildman–Crippen LogP) is 4.36. The van der Waals surface area contributed by atoms with Crippen molar-refractivity contribution < 1.29 is 4.79 Å². The number of likely N-dealkylation sites (tertiary alicyclic amines) is 1. The van der Waals surface area contributed by atoms with Crippen molar-refractivity contribution in [2.24, 2.45) is 0 Å². The minimum absolute atomic E-state index is 0.00745. The van der Waals surface area contributed by atoms with Gasteiger partial charge in [-0.25, -0.2) is 4.79 Å². The van der Waals surface area contributed by atoms with E-state index in [0.29, 0.717) is 0 Å². The first-order valence-corrected chi connectivity index (χ1v) is 7.44. The van der Waals surface area contributed by atoms with E-state index in [2.05, 4.69) is 24.4 Å². The normalized spacial score (nSPS) is 17.8. The van der Waals surface area contributed by atoms with Crippen LogP contribution in [-0.4, -0.2) is 17.5 Å². The van der Waals surface area contributed by atoms with E-state index in [1.54, 1.807) is 0 Å². The van der Waals surface area contributed by atoms with Crippen molar-refractivity contribution in [2.45, 2.75) is 25.8 Å². The van der Waals surface area contributed by atoms with Gasteiger partial charge in [0.05, 0.1) is 6.04 Å². The third-order valence-electron chi connectivity index (χ3n) is 4.09. The second-order valence-electron chi connectivity index (χ2n) is 5.50. The maximum Gasteiger partial charge on any atom is 0.322 e. The first-order valence-electron chi connectivity index (χ1n) is 7.44. The smallest absolute Gasteiger partial charge is 0.317 e. The number of hydrogen-bond acceptors (Lipinski definition) is 1. The summed E-state index contributed by atoms with van der Waals surface area (Å²) in [4.78, 5) is 14.5. The van der Waals surface area contributed by atoms with E-state index >= 15 is 0 Å². The van der Waals surface area contributed by atoms with Crippen LogP contribution in [0.2, 0.25) is 0 Å². The molecule has 1 aliphatic rings. The van der Waals surface area contributed by atoms with Crippen molar-refractivity contribution >= 4 is 11.7 Å². The number of anilines is 1. The molecular weight excluding hydrogens is 260 g/mol. The van der Waals surface area contributed by atoms with Gasteiger partial charge in [-0.15, -0.1) is 0 Å². The van der Waals surface area contributed by atoms with E-state index < -0.39 is 0 Å². The molecule has 2 amide bonds. The summed E-state index contributed by atoms with van der Waals surface area (Å²) in [5.74, 6) is 0. The van der Waals surface area contributed by atoms with Crippen LogP contribution in [0.3, 0.4) is 0 Å². The van der Waals surface area contributed by atoms with Gasteiger partial charge in [-0.2, -0.15) is 0 Å². The highest BCUT2D eigenvalue weighted by Gasteiger charge is 2.30. The van der Waals surface area contributed by atoms with Crippen LogP contribution in [0.4, 0.5) is 10.5 Å². The SMILES string of the molecule is Cc1ccccc1[C@@H]1CCCN1C(=O)Nc1ccccc1. The molecule has 3 heteroatoms. The quantitative estimate of drug-likeness (QED) is 0.870. The Hall–Kier alpha value is -2.29. The van der Waals surface area contributed by atoms with Crippen molar-refractivity contribution in [2.75, 3.05) is 11.9 Å². The monoisotopic (exact) mass is 280 g/mol. The molecule has 3 nitrogen and oxygen atoms in total. The summed E-state index contributed by atoms with van der Waals surface area (Å²) in [5.41, 5.74) is 3.36. The Bertz CT molecular complexity index is 624. The van der Waals surface area contributed by atoms with E-state index in [0.717, 1.165) is 25.1 Å². The summed E-state index contributed by atoms with van der Waals surface area (Å²) >= 11 is 0. The zero-order valence-corrected chi connectivity index (χ0v) is 12.3. The molecule has 21 heavy (non-hydrogen) atoms. The molecule has 3 rings (SSSR count). The van der Waals surface area contributed by atoms with Crippen molar-refractivity contribution in [3.05, 3.63) is 65.7 Å². The molecule has 1 atom stereocenters. The summed E-state index contributed by atoms with van der Waals surface area (Å²) in [5, 5.41) is 2.99. The lowest BCUT2D eigenvalue weighted by atomic mass is 9.99. The molecule has 1 fully saturated rings. The molecule has 0 radical (unpaired) electrons. The summed E-state index contributed by atoms with van der Waals surface area (Å²) in [6.45, 7) is 2.93. The molecule has 0 unspecified atom stereocenters. The maximum absolute atomic E-state index is 12.5. The average molecular weight is 280 g/mol. The highest BCUT2D eigenvalue weighted by molar-refractivity contribution is 5.89. The Morgan fingerprint density at radius 3 is 2.57 bits per heavy atom. The Balaban J connectivity index is 1.78. The molecule has 2 aromatic rings. The Kier molecular flexibility index (Phi) is 3.91. The maximum atomic E-state index is 12.5.